The maximum Gasteiger partial charge on any atom is 0.306 e. The van der Waals surface area contributed by atoms with E-state index >= 15 is 0 Å². The first kappa shape index (κ1) is 39.0. The van der Waals surface area contributed by atoms with E-state index in [9.17, 15) is 29.7 Å². The molecule has 8 nitrogen and oxygen atoms in total. The van der Waals surface area contributed by atoms with Crippen molar-refractivity contribution in [3.8, 4) is 0 Å². The Morgan fingerprint density at radius 3 is 2.19 bits per heavy atom. The summed E-state index contributed by atoms with van der Waals surface area (Å²) in [5.41, 5.74) is 0. The molecule has 0 spiro atoms. The fraction of sp³-hybridized carbons (Fsp3) is 0.800. The second-order valence-electron chi connectivity index (χ2n) is 12.0. The van der Waals surface area contributed by atoms with Gasteiger partial charge < -0.3 is 24.8 Å². The summed E-state index contributed by atoms with van der Waals surface area (Å²) in [6, 6.07) is 0. The summed E-state index contributed by atoms with van der Waals surface area (Å²) in [5.74, 6) is -1.39. The van der Waals surface area contributed by atoms with E-state index < -0.39 is 30.9 Å². The number of aliphatic hydroxyl groups is 3. The summed E-state index contributed by atoms with van der Waals surface area (Å²) in [7, 11) is 0. The molecule has 1 saturated carbocycles. The van der Waals surface area contributed by atoms with Crippen LogP contribution in [0.1, 0.15) is 136 Å². The predicted molar refractivity (Wildman–Crippen MR) is 169 cm³/mol. The topological polar surface area (TPSA) is 130 Å². The highest BCUT2D eigenvalue weighted by atomic mass is 16.6. The van der Waals surface area contributed by atoms with E-state index in [-0.39, 0.29) is 43.0 Å². The average Bonchev–Trinajstić information content (AvgIpc) is 3.26. The van der Waals surface area contributed by atoms with Gasteiger partial charge >= 0.3 is 11.9 Å². The molecule has 0 aliphatic heterocycles. The molecule has 8 heteroatoms. The molecule has 0 aromatic heterocycles. The van der Waals surface area contributed by atoms with E-state index in [1.54, 1.807) is 12.2 Å². The van der Waals surface area contributed by atoms with Gasteiger partial charge in [0, 0.05) is 31.1 Å². The van der Waals surface area contributed by atoms with E-state index in [4.69, 9.17) is 9.47 Å². The minimum Gasteiger partial charge on any atom is -0.462 e. The molecule has 1 aliphatic carbocycles. The van der Waals surface area contributed by atoms with Crippen LogP contribution in [0.4, 0.5) is 0 Å². The summed E-state index contributed by atoms with van der Waals surface area (Å²) in [6.07, 6.45) is 21.7. The zero-order chi connectivity index (χ0) is 31.7. The van der Waals surface area contributed by atoms with Crippen LogP contribution >= 0.6 is 0 Å². The minimum atomic E-state index is -0.870. The van der Waals surface area contributed by atoms with Gasteiger partial charge in [-0.15, -0.1) is 0 Å². The zero-order valence-electron chi connectivity index (χ0n) is 26.9. The summed E-state index contributed by atoms with van der Waals surface area (Å²) < 4.78 is 10.5. The van der Waals surface area contributed by atoms with Crippen LogP contribution < -0.4 is 0 Å². The second-order valence-corrected chi connectivity index (χ2v) is 12.0. The van der Waals surface area contributed by atoms with Gasteiger partial charge in [0.1, 0.15) is 12.4 Å². The molecule has 1 aliphatic rings. The fourth-order valence-corrected chi connectivity index (χ4v) is 5.42. The standard InChI is InChI=1S/C35H60O8/c1-3-5-7-8-9-10-11-12-17-21-34(40)42-27-29(26-36)43-35(41)22-18-14-13-16-20-30-31(33(39)25-32(30)38)24-23-28(37)19-15-6-4-2/h13,16,23-24,28-31,33,36-37,39H,3-12,14-15,17-22,25-27H2,1-2H3/b16-13-,24-23+/t28-,29-,30+,31+,33+/m0/s1. The smallest absolute Gasteiger partial charge is 0.306 e. The van der Waals surface area contributed by atoms with Gasteiger partial charge in [0.15, 0.2) is 6.10 Å². The largest absolute Gasteiger partial charge is 0.462 e. The molecule has 0 saturated heterocycles. The Balaban J connectivity index is 2.23. The van der Waals surface area contributed by atoms with Crippen molar-refractivity contribution in [2.24, 2.45) is 11.8 Å². The van der Waals surface area contributed by atoms with Gasteiger partial charge in [0.05, 0.1) is 18.8 Å². The minimum absolute atomic E-state index is 0.0276. The number of rotatable bonds is 26. The van der Waals surface area contributed by atoms with Gasteiger partial charge in [0.25, 0.3) is 0 Å². The number of carbonyl (C=O) groups is 3. The first-order chi connectivity index (χ1) is 20.8. The molecule has 0 heterocycles. The highest BCUT2D eigenvalue weighted by Crippen LogP contribution is 2.33. The quantitative estimate of drug-likeness (QED) is 0.0574. The number of hydrogen-bond acceptors (Lipinski definition) is 8. The second kappa shape index (κ2) is 25.3. The number of hydrogen-bond donors (Lipinski definition) is 3. The summed E-state index contributed by atoms with van der Waals surface area (Å²) in [5, 5.41) is 30.0. The molecule has 0 aromatic rings. The van der Waals surface area contributed by atoms with Crippen LogP contribution in [-0.4, -0.2) is 64.6 Å². The molecule has 0 bridgehead atoms. The zero-order valence-corrected chi connectivity index (χ0v) is 26.9. The van der Waals surface area contributed by atoms with Gasteiger partial charge in [-0.3, -0.25) is 14.4 Å². The van der Waals surface area contributed by atoms with Crippen molar-refractivity contribution in [2.45, 2.75) is 154 Å². The molecular weight excluding hydrogens is 548 g/mol. The number of esters is 2. The van der Waals surface area contributed by atoms with E-state index in [0.717, 1.165) is 38.5 Å². The number of ether oxygens (including phenoxy) is 2. The van der Waals surface area contributed by atoms with Crippen LogP contribution in [0.25, 0.3) is 0 Å². The highest BCUT2D eigenvalue weighted by molar-refractivity contribution is 5.84. The van der Waals surface area contributed by atoms with Crippen molar-refractivity contribution in [2.75, 3.05) is 13.2 Å². The van der Waals surface area contributed by atoms with Crippen molar-refractivity contribution in [1.29, 1.82) is 0 Å². The molecular formula is C35H60O8. The Morgan fingerprint density at radius 2 is 1.51 bits per heavy atom. The van der Waals surface area contributed by atoms with E-state index in [2.05, 4.69) is 13.8 Å². The third-order valence-electron chi connectivity index (χ3n) is 8.12. The van der Waals surface area contributed by atoms with Crippen molar-refractivity contribution in [1.82, 2.24) is 0 Å². The van der Waals surface area contributed by atoms with Crippen LogP contribution in [-0.2, 0) is 23.9 Å². The maximum absolute atomic E-state index is 12.4. The lowest BCUT2D eigenvalue weighted by molar-refractivity contribution is -0.161. The lowest BCUT2D eigenvalue weighted by atomic mass is 9.90. The number of aliphatic hydroxyl groups excluding tert-OH is 3. The third-order valence-corrected chi connectivity index (χ3v) is 8.12. The molecule has 0 unspecified atom stereocenters. The Labute approximate surface area is 260 Å². The predicted octanol–water partition coefficient (Wildman–Crippen LogP) is 6.53. The molecule has 1 rings (SSSR count). The summed E-state index contributed by atoms with van der Waals surface area (Å²) >= 11 is 0. The Morgan fingerprint density at radius 1 is 0.884 bits per heavy atom. The average molecular weight is 609 g/mol. The van der Waals surface area contributed by atoms with Crippen LogP contribution in [0.15, 0.2) is 24.3 Å². The van der Waals surface area contributed by atoms with E-state index in [1.165, 1.54) is 38.5 Å². The number of ketones is 1. The number of carbonyl (C=O) groups excluding carboxylic acids is 3. The lowest BCUT2D eigenvalue weighted by Gasteiger charge is -2.16. The van der Waals surface area contributed by atoms with Gasteiger partial charge in [0.2, 0.25) is 0 Å². The van der Waals surface area contributed by atoms with Crippen molar-refractivity contribution in [3.63, 3.8) is 0 Å². The van der Waals surface area contributed by atoms with Gasteiger partial charge in [-0.05, 0) is 32.1 Å². The third kappa shape index (κ3) is 19.1. The Bertz CT molecular complexity index is 808. The molecule has 0 radical (unpaired) electrons. The van der Waals surface area contributed by atoms with E-state index in [0.29, 0.717) is 32.1 Å². The SMILES string of the molecule is CCCCCCCCCCCC(=O)OC[C@H](CO)OC(=O)CCC/C=C\C[C@H]1C(=O)C[C@@H](O)[C@@H]1/C=C/[C@@H](O)CCCCC. The molecule has 0 amide bonds. The van der Waals surface area contributed by atoms with E-state index in [1.807, 2.05) is 12.2 Å². The van der Waals surface area contributed by atoms with Crippen molar-refractivity contribution < 1.29 is 39.2 Å². The van der Waals surface area contributed by atoms with Crippen LogP contribution in [0.2, 0.25) is 0 Å². The number of allylic oxidation sites excluding steroid dienone is 2. The fourth-order valence-electron chi connectivity index (χ4n) is 5.42. The van der Waals surface area contributed by atoms with Gasteiger partial charge in [-0.1, -0.05) is 109 Å². The number of Topliss-reactive ketones (excluding diaryl/α,β-unsaturated/α-hetero) is 1. The van der Waals surface area contributed by atoms with Crippen molar-refractivity contribution >= 4 is 17.7 Å². The van der Waals surface area contributed by atoms with Gasteiger partial charge in [-0.25, -0.2) is 0 Å². The summed E-state index contributed by atoms with van der Waals surface area (Å²) in [6.45, 7) is 3.76. The lowest BCUT2D eigenvalue weighted by Crippen LogP contribution is -2.28. The van der Waals surface area contributed by atoms with Gasteiger partial charge in [-0.2, -0.15) is 0 Å². The van der Waals surface area contributed by atoms with Crippen LogP contribution in [0.3, 0.4) is 0 Å². The Hall–Kier alpha value is -2.03. The monoisotopic (exact) mass is 608 g/mol. The Kier molecular flexibility index (Phi) is 23.0. The molecule has 1 fully saturated rings. The van der Waals surface area contributed by atoms with Crippen molar-refractivity contribution in [3.05, 3.63) is 24.3 Å². The molecule has 5 atom stereocenters. The number of unbranched alkanes of at least 4 members (excludes halogenated alkanes) is 11. The van der Waals surface area contributed by atoms with Crippen LogP contribution in [0, 0.1) is 11.8 Å². The molecule has 248 valence electrons. The first-order valence-corrected chi connectivity index (χ1v) is 17.0. The molecule has 0 aromatic carbocycles. The molecule has 3 N–H and O–H groups in total. The maximum atomic E-state index is 12.4. The molecule has 43 heavy (non-hydrogen) atoms. The van der Waals surface area contributed by atoms with Crippen LogP contribution in [0.5, 0.6) is 0 Å². The highest BCUT2D eigenvalue weighted by Gasteiger charge is 2.39. The normalized spacial score (nSPS) is 20.2. The first-order valence-electron chi connectivity index (χ1n) is 17.0. The summed E-state index contributed by atoms with van der Waals surface area (Å²) in [4.78, 5) is 36.6.